The highest BCUT2D eigenvalue weighted by atomic mass is 32.2. The number of alkyl halides is 3. The standard InChI is InChI=1S/C10H10F4O2S/c1-2-17(15,16)6-7-3-4-8(5-9(7)11)10(12,13)14/h3-5H,2,6H2,1H3. The van der Waals surface area contributed by atoms with Crippen molar-refractivity contribution in [2.45, 2.75) is 18.9 Å². The van der Waals surface area contributed by atoms with Crippen LogP contribution in [-0.2, 0) is 21.8 Å². The van der Waals surface area contributed by atoms with Gasteiger partial charge in [0.1, 0.15) is 5.82 Å². The molecule has 0 amide bonds. The molecule has 2 nitrogen and oxygen atoms in total. The number of benzene rings is 1. The molecule has 0 saturated carbocycles. The Kier molecular flexibility index (Phi) is 3.81. The monoisotopic (exact) mass is 270 g/mol. The maximum atomic E-state index is 13.3. The fourth-order valence-electron chi connectivity index (χ4n) is 1.18. The highest BCUT2D eigenvalue weighted by Crippen LogP contribution is 2.30. The van der Waals surface area contributed by atoms with Crippen LogP contribution in [0.1, 0.15) is 18.1 Å². The Hall–Kier alpha value is -1.11. The Balaban J connectivity index is 3.07. The van der Waals surface area contributed by atoms with Gasteiger partial charge in [0, 0.05) is 11.3 Å². The van der Waals surface area contributed by atoms with Crippen LogP contribution in [-0.4, -0.2) is 14.2 Å². The average molecular weight is 270 g/mol. The van der Waals surface area contributed by atoms with E-state index < -0.39 is 33.1 Å². The summed E-state index contributed by atoms with van der Waals surface area (Å²) >= 11 is 0. The molecule has 0 saturated heterocycles. The Labute approximate surface area is 96.2 Å². The van der Waals surface area contributed by atoms with Crippen molar-refractivity contribution < 1.29 is 26.0 Å². The van der Waals surface area contributed by atoms with Gasteiger partial charge in [0.25, 0.3) is 0 Å². The molecule has 1 aromatic rings. The summed E-state index contributed by atoms with van der Waals surface area (Å²) < 4.78 is 72.4. The van der Waals surface area contributed by atoms with Crippen molar-refractivity contribution in [1.82, 2.24) is 0 Å². The van der Waals surface area contributed by atoms with Crippen molar-refractivity contribution in [3.8, 4) is 0 Å². The van der Waals surface area contributed by atoms with Gasteiger partial charge < -0.3 is 0 Å². The van der Waals surface area contributed by atoms with Crippen LogP contribution >= 0.6 is 0 Å². The smallest absolute Gasteiger partial charge is 0.229 e. The second-order valence-electron chi connectivity index (χ2n) is 3.48. The van der Waals surface area contributed by atoms with E-state index in [0.717, 1.165) is 6.07 Å². The lowest BCUT2D eigenvalue weighted by Crippen LogP contribution is -2.10. The minimum absolute atomic E-state index is 0.187. The molecule has 0 aliphatic rings. The second-order valence-corrected chi connectivity index (χ2v) is 5.83. The van der Waals surface area contributed by atoms with Crippen molar-refractivity contribution in [1.29, 1.82) is 0 Å². The van der Waals surface area contributed by atoms with Gasteiger partial charge in [-0.2, -0.15) is 13.2 Å². The number of rotatable bonds is 3. The van der Waals surface area contributed by atoms with E-state index in [-0.39, 0.29) is 11.3 Å². The Bertz CT molecular complexity index is 506. The van der Waals surface area contributed by atoms with Crippen LogP contribution in [0.3, 0.4) is 0 Å². The molecule has 0 N–H and O–H groups in total. The lowest BCUT2D eigenvalue weighted by atomic mass is 10.1. The summed E-state index contributed by atoms with van der Waals surface area (Å²) in [6.07, 6.45) is -4.64. The number of halogens is 4. The maximum Gasteiger partial charge on any atom is 0.416 e. The van der Waals surface area contributed by atoms with E-state index in [4.69, 9.17) is 0 Å². The van der Waals surface area contributed by atoms with Crippen molar-refractivity contribution in [3.05, 3.63) is 35.1 Å². The molecule has 0 radical (unpaired) electrons. The van der Waals surface area contributed by atoms with Gasteiger partial charge in [-0.05, 0) is 12.1 Å². The first-order valence-corrected chi connectivity index (χ1v) is 6.54. The van der Waals surface area contributed by atoms with Crippen LogP contribution in [0.15, 0.2) is 18.2 Å². The van der Waals surface area contributed by atoms with Gasteiger partial charge in [-0.25, -0.2) is 12.8 Å². The number of hydrogen-bond acceptors (Lipinski definition) is 2. The lowest BCUT2D eigenvalue weighted by molar-refractivity contribution is -0.137. The summed E-state index contributed by atoms with van der Waals surface area (Å²) in [5.41, 5.74) is -1.38. The van der Waals surface area contributed by atoms with E-state index in [0.29, 0.717) is 12.1 Å². The van der Waals surface area contributed by atoms with E-state index in [1.165, 1.54) is 6.92 Å². The van der Waals surface area contributed by atoms with Crippen molar-refractivity contribution in [2.24, 2.45) is 0 Å². The minimum Gasteiger partial charge on any atom is -0.229 e. The summed E-state index contributed by atoms with van der Waals surface area (Å²) in [4.78, 5) is 0. The van der Waals surface area contributed by atoms with Gasteiger partial charge in [-0.15, -0.1) is 0 Å². The zero-order chi connectivity index (χ0) is 13.3. The lowest BCUT2D eigenvalue weighted by Gasteiger charge is -2.09. The van der Waals surface area contributed by atoms with Crippen LogP contribution < -0.4 is 0 Å². The highest BCUT2D eigenvalue weighted by molar-refractivity contribution is 7.90. The minimum atomic E-state index is -4.64. The SMILES string of the molecule is CCS(=O)(=O)Cc1ccc(C(F)(F)F)cc1F. The predicted molar refractivity (Wildman–Crippen MR) is 54.6 cm³/mol. The van der Waals surface area contributed by atoms with Crippen molar-refractivity contribution in [3.63, 3.8) is 0 Å². The van der Waals surface area contributed by atoms with E-state index in [9.17, 15) is 26.0 Å². The normalized spacial score (nSPS) is 12.8. The maximum absolute atomic E-state index is 13.3. The molecule has 0 spiro atoms. The van der Waals surface area contributed by atoms with Crippen LogP contribution in [0.5, 0.6) is 0 Å². The first-order chi connectivity index (χ1) is 7.65. The van der Waals surface area contributed by atoms with Gasteiger partial charge in [-0.1, -0.05) is 13.0 Å². The summed E-state index contributed by atoms with van der Waals surface area (Å²) in [5, 5.41) is 0. The molecule has 0 unspecified atom stereocenters. The van der Waals surface area contributed by atoms with Crippen molar-refractivity contribution in [2.75, 3.05) is 5.75 Å². The van der Waals surface area contributed by atoms with E-state index in [1.54, 1.807) is 0 Å². The zero-order valence-electron chi connectivity index (χ0n) is 8.88. The number of sulfone groups is 1. The fraction of sp³-hybridized carbons (Fsp3) is 0.400. The first kappa shape index (κ1) is 14.0. The molecule has 0 bridgehead atoms. The molecular formula is C10H10F4O2S. The third-order valence-electron chi connectivity index (χ3n) is 2.20. The molecule has 7 heteroatoms. The Morgan fingerprint density at radius 2 is 1.82 bits per heavy atom. The molecule has 96 valence electrons. The third kappa shape index (κ3) is 3.69. The van der Waals surface area contributed by atoms with Gasteiger partial charge >= 0.3 is 6.18 Å². The molecule has 0 aliphatic heterocycles. The Morgan fingerprint density at radius 3 is 2.24 bits per heavy atom. The molecule has 1 aromatic carbocycles. The van der Waals surface area contributed by atoms with Gasteiger partial charge in [-0.3, -0.25) is 0 Å². The molecule has 17 heavy (non-hydrogen) atoms. The topological polar surface area (TPSA) is 34.1 Å². The largest absolute Gasteiger partial charge is 0.416 e. The second kappa shape index (κ2) is 4.64. The molecule has 0 heterocycles. The van der Waals surface area contributed by atoms with Crippen LogP contribution in [0.4, 0.5) is 17.6 Å². The third-order valence-corrected chi connectivity index (χ3v) is 3.83. The summed E-state index contributed by atoms with van der Waals surface area (Å²) in [5.74, 6) is -1.93. The first-order valence-electron chi connectivity index (χ1n) is 4.72. The van der Waals surface area contributed by atoms with E-state index >= 15 is 0 Å². The Morgan fingerprint density at radius 1 is 1.24 bits per heavy atom. The molecule has 1 rings (SSSR count). The van der Waals surface area contributed by atoms with Crippen LogP contribution in [0.25, 0.3) is 0 Å². The molecule has 0 aromatic heterocycles. The highest BCUT2D eigenvalue weighted by Gasteiger charge is 2.31. The van der Waals surface area contributed by atoms with Crippen LogP contribution in [0, 0.1) is 5.82 Å². The van der Waals surface area contributed by atoms with Crippen LogP contribution in [0.2, 0.25) is 0 Å². The fourth-order valence-corrected chi connectivity index (χ4v) is 2.09. The molecule has 0 aliphatic carbocycles. The summed E-state index contributed by atoms with van der Waals surface area (Å²) in [7, 11) is -3.46. The van der Waals surface area contributed by atoms with Gasteiger partial charge in [0.05, 0.1) is 11.3 Å². The molecule has 0 atom stereocenters. The van der Waals surface area contributed by atoms with Gasteiger partial charge in [0.15, 0.2) is 9.84 Å². The summed E-state index contributed by atoms with van der Waals surface area (Å²) in [6.45, 7) is 1.39. The quantitative estimate of drug-likeness (QED) is 0.791. The van der Waals surface area contributed by atoms with E-state index in [2.05, 4.69) is 0 Å². The number of hydrogen-bond donors (Lipinski definition) is 0. The average Bonchev–Trinajstić information content (AvgIpc) is 2.19. The van der Waals surface area contributed by atoms with E-state index in [1.807, 2.05) is 0 Å². The molecule has 0 fully saturated rings. The van der Waals surface area contributed by atoms with Gasteiger partial charge in [0.2, 0.25) is 0 Å². The molecular weight excluding hydrogens is 260 g/mol. The predicted octanol–water partition coefficient (Wildman–Crippen LogP) is 2.78. The summed E-state index contributed by atoms with van der Waals surface area (Å²) in [6, 6.07) is 1.83. The van der Waals surface area contributed by atoms with Crippen molar-refractivity contribution >= 4 is 9.84 Å². The zero-order valence-corrected chi connectivity index (χ0v) is 9.70.